The smallest absolute Gasteiger partial charge is 0.203 e. The molecule has 1 aliphatic heterocycles. The minimum atomic E-state index is -2.88. The van der Waals surface area contributed by atoms with Crippen LogP contribution in [0.15, 0.2) is 17.5 Å². The van der Waals surface area contributed by atoms with Crippen molar-refractivity contribution in [2.45, 2.75) is 39.5 Å². The van der Waals surface area contributed by atoms with E-state index in [-0.39, 0.29) is 11.8 Å². The van der Waals surface area contributed by atoms with Crippen molar-refractivity contribution in [1.82, 2.24) is 14.3 Å². The van der Waals surface area contributed by atoms with E-state index in [0.29, 0.717) is 17.2 Å². The van der Waals surface area contributed by atoms with Crippen LogP contribution in [0.3, 0.4) is 0 Å². The number of nitrogens with zero attached hydrogens (tertiary/aromatic N) is 3. The van der Waals surface area contributed by atoms with E-state index >= 15 is 0 Å². The second-order valence-corrected chi connectivity index (χ2v) is 9.64. The van der Waals surface area contributed by atoms with E-state index in [4.69, 9.17) is 17.3 Å². The fourth-order valence-corrected chi connectivity index (χ4v) is 6.12. The Labute approximate surface area is 151 Å². The first-order valence-corrected chi connectivity index (χ1v) is 11.3. The fourth-order valence-electron chi connectivity index (χ4n) is 3.26. The normalized spacial score (nSPS) is 21.2. The maximum atomic E-state index is 11.8. The van der Waals surface area contributed by atoms with Gasteiger partial charge in [0, 0.05) is 13.0 Å². The molecule has 24 heavy (non-hydrogen) atoms. The molecule has 9 heteroatoms. The highest BCUT2D eigenvalue weighted by molar-refractivity contribution is 7.91. The van der Waals surface area contributed by atoms with Gasteiger partial charge in [-0.2, -0.15) is 4.68 Å². The Bertz CT molecular complexity index is 852. The second kappa shape index (κ2) is 7.07. The van der Waals surface area contributed by atoms with Crippen molar-refractivity contribution in [3.8, 4) is 10.7 Å². The van der Waals surface area contributed by atoms with Gasteiger partial charge in [0.25, 0.3) is 0 Å². The molecule has 2 aromatic heterocycles. The number of rotatable bonds is 6. The highest BCUT2D eigenvalue weighted by Gasteiger charge is 2.35. The first kappa shape index (κ1) is 17.8. The molecule has 0 saturated carbocycles. The molecule has 2 atom stereocenters. The minimum absolute atomic E-state index is 0.138. The van der Waals surface area contributed by atoms with Crippen LogP contribution in [0.25, 0.3) is 10.7 Å². The molecule has 6 nitrogen and oxygen atoms in total. The van der Waals surface area contributed by atoms with Gasteiger partial charge in [-0.25, -0.2) is 8.42 Å². The quantitative estimate of drug-likeness (QED) is 0.757. The maximum absolute atomic E-state index is 11.8. The second-order valence-electron chi connectivity index (χ2n) is 6.10. The Balaban J connectivity index is 1.88. The summed E-state index contributed by atoms with van der Waals surface area (Å²) >= 11 is 7.26. The molecule has 1 saturated heterocycles. The first-order chi connectivity index (χ1) is 11.4. The largest absolute Gasteiger partial charge is 0.313 e. The number of thiophene rings is 1. The summed E-state index contributed by atoms with van der Waals surface area (Å²) in [4.78, 5) is 2.33. The van der Waals surface area contributed by atoms with Gasteiger partial charge < -0.3 is 4.90 Å². The van der Waals surface area contributed by atoms with Gasteiger partial charge in [-0.1, -0.05) is 6.07 Å². The molecule has 0 aliphatic carbocycles. The molecule has 3 heterocycles. The summed E-state index contributed by atoms with van der Waals surface area (Å²) in [5.74, 6) is 1.47. The van der Waals surface area contributed by atoms with Crippen LogP contribution in [0.1, 0.15) is 20.3 Å². The highest BCUT2D eigenvalue weighted by atomic mass is 32.2. The Morgan fingerprint density at radius 2 is 2.25 bits per heavy atom. The lowest BCUT2D eigenvalue weighted by Gasteiger charge is -2.23. The summed E-state index contributed by atoms with van der Waals surface area (Å²) in [6.45, 7) is 6.38. The third-order valence-electron chi connectivity index (χ3n) is 4.60. The number of nitrogens with one attached hydrogen (secondary N) is 1. The minimum Gasteiger partial charge on any atom is -0.313 e. The molecule has 3 rings (SSSR count). The van der Waals surface area contributed by atoms with Crippen molar-refractivity contribution in [2.75, 3.05) is 18.1 Å². The van der Waals surface area contributed by atoms with Gasteiger partial charge in [0.15, 0.2) is 22.3 Å². The molecule has 0 aromatic carbocycles. The van der Waals surface area contributed by atoms with Gasteiger partial charge in [-0.05, 0) is 37.5 Å². The van der Waals surface area contributed by atoms with E-state index in [2.05, 4.69) is 13.8 Å². The van der Waals surface area contributed by atoms with E-state index in [1.165, 1.54) is 4.90 Å². The summed E-state index contributed by atoms with van der Waals surface area (Å²) in [6.07, 6.45) is 0.727. The van der Waals surface area contributed by atoms with Gasteiger partial charge in [0.1, 0.15) is 11.8 Å². The van der Waals surface area contributed by atoms with Crippen molar-refractivity contribution in [3.63, 3.8) is 0 Å². The average Bonchev–Trinajstić information content (AvgIpc) is 3.24. The lowest BCUT2D eigenvalue weighted by molar-refractivity contribution is -0.943. The SMILES string of the molecule is CCn1c(-c2cccs2)nn(C[NH+](CC)[C@@H]2CCS(=O)(=O)C2)c1=S. The van der Waals surface area contributed by atoms with E-state index in [1.54, 1.807) is 11.3 Å². The van der Waals surface area contributed by atoms with Crippen molar-refractivity contribution in [3.05, 3.63) is 22.3 Å². The standard InChI is InChI=1S/C15H22N4O2S3/c1-3-17(12-7-9-24(20,21)10-12)11-19-15(22)18(4-2)14(16-19)13-6-5-8-23-13/h5-6,8,12H,3-4,7,9-11H2,1-2H3/p+1/t12-/m1/s1. The van der Waals surface area contributed by atoms with Gasteiger partial charge in [-0.15, -0.1) is 16.4 Å². The van der Waals surface area contributed by atoms with Crippen LogP contribution in [0.2, 0.25) is 0 Å². The van der Waals surface area contributed by atoms with Gasteiger partial charge in [-0.3, -0.25) is 4.57 Å². The van der Waals surface area contributed by atoms with Crippen LogP contribution in [-0.4, -0.2) is 46.9 Å². The van der Waals surface area contributed by atoms with Crippen LogP contribution >= 0.6 is 23.6 Å². The maximum Gasteiger partial charge on any atom is 0.203 e. The summed E-state index contributed by atoms with van der Waals surface area (Å²) in [7, 11) is -2.88. The molecule has 0 bridgehead atoms. The molecule has 0 amide bonds. The predicted molar refractivity (Wildman–Crippen MR) is 98.6 cm³/mol. The summed E-state index contributed by atoms with van der Waals surface area (Å²) < 4.78 is 28.2. The first-order valence-electron chi connectivity index (χ1n) is 8.21. The molecular weight excluding hydrogens is 364 g/mol. The Hall–Kier alpha value is -1.03. The molecular formula is C15H23N4O2S3+. The zero-order valence-electron chi connectivity index (χ0n) is 13.9. The Kier molecular flexibility index (Phi) is 5.24. The van der Waals surface area contributed by atoms with E-state index in [1.807, 2.05) is 26.8 Å². The van der Waals surface area contributed by atoms with E-state index in [9.17, 15) is 8.42 Å². The Morgan fingerprint density at radius 1 is 1.46 bits per heavy atom. The van der Waals surface area contributed by atoms with E-state index in [0.717, 1.165) is 30.2 Å². The predicted octanol–water partition coefficient (Wildman–Crippen LogP) is 1.21. The molecule has 1 fully saturated rings. The Morgan fingerprint density at radius 3 is 2.79 bits per heavy atom. The molecule has 1 aliphatic rings. The monoisotopic (exact) mass is 387 g/mol. The molecule has 1 N–H and O–H groups in total. The van der Waals surface area contributed by atoms with E-state index < -0.39 is 9.84 Å². The summed E-state index contributed by atoms with van der Waals surface area (Å²) in [6, 6.07) is 4.19. The highest BCUT2D eigenvalue weighted by Crippen LogP contribution is 2.23. The number of hydrogen-bond donors (Lipinski definition) is 1. The number of quaternary nitrogens is 1. The summed E-state index contributed by atoms with van der Waals surface area (Å²) in [5.41, 5.74) is 0. The van der Waals surface area contributed by atoms with Crippen molar-refractivity contribution in [1.29, 1.82) is 0 Å². The third-order valence-corrected chi connectivity index (χ3v) is 7.66. The molecule has 2 aromatic rings. The van der Waals surface area contributed by atoms with Crippen molar-refractivity contribution in [2.24, 2.45) is 0 Å². The van der Waals surface area contributed by atoms with Crippen LogP contribution in [0, 0.1) is 4.77 Å². The molecule has 132 valence electrons. The van der Waals surface area contributed by atoms with Gasteiger partial charge in [0.2, 0.25) is 4.77 Å². The van der Waals surface area contributed by atoms with Gasteiger partial charge >= 0.3 is 0 Å². The van der Waals surface area contributed by atoms with Crippen LogP contribution < -0.4 is 4.90 Å². The fraction of sp³-hybridized carbons (Fsp3) is 0.600. The molecule has 0 radical (unpaired) electrons. The molecule has 1 unspecified atom stereocenters. The zero-order valence-corrected chi connectivity index (χ0v) is 16.4. The van der Waals surface area contributed by atoms with Crippen LogP contribution in [0.4, 0.5) is 0 Å². The lowest BCUT2D eigenvalue weighted by atomic mass is 10.2. The zero-order chi connectivity index (χ0) is 17.3. The third kappa shape index (κ3) is 3.49. The van der Waals surface area contributed by atoms with Crippen molar-refractivity contribution < 1.29 is 13.3 Å². The number of sulfone groups is 1. The number of aromatic nitrogens is 3. The van der Waals surface area contributed by atoms with Crippen LogP contribution in [0.5, 0.6) is 0 Å². The average molecular weight is 388 g/mol. The lowest BCUT2D eigenvalue weighted by Crippen LogP contribution is -3.15. The van der Waals surface area contributed by atoms with Gasteiger partial charge in [0.05, 0.1) is 17.2 Å². The number of hydrogen-bond acceptors (Lipinski definition) is 5. The molecule has 0 spiro atoms. The summed E-state index contributed by atoms with van der Waals surface area (Å²) in [5, 5.41) is 6.77. The topological polar surface area (TPSA) is 61.3 Å². The van der Waals surface area contributed by atoms with Crippen LogP contribution in [-0.2, 0) is 23.1 Å². The van der Waals surface area contributed by atoms with Crippen molar-refractivity contribution >= 4 is 33.4 Å².